The number of carbonyl (C=O) groups excluding carboxylic acids is 1. The third kappa shape index (κ3) is 2.93. The largest absolute Gasteiger partial charge is 0.380 e. The smallest absolute Gasteiger partial charge is 0.269 e. The molecule has 1 N–H and O–H groups in total. The first-order valence-electron chi connectivity index (χ1n) is 7.87. The molecule has 4 rings (SSSR count). The number of aliphatic hydroxyl groups is 1. The number of aromatic nitrogens is 2. The lowest BCUT2D eigenvalue weighted by atomic mass is 10.2. The van der Waals surface area contributed by atoms with Gasteiger partial charge in [-0.2, -0.15) is 0 Å². The molecular weight excluding hydrogens is 358 g/mol. The van der Waals surface area contributed by atoms with Crippen LogP contribution in [0.4, 0.5) is 5.82 Å². The Labute approximate surface area is 153 Å². The first-order chi connectivity index (χ1) is 12.1. The number of carbonyl (C=O) groups is 1. The fourth-order valence-electron chi connectivity index (χ4n) is 2.82. The highest BCUT2D eigenvalue weighted by atomic mass is 32.2. The van der Waals surface area contributed by atoms with Crippen molar-refractivity contribution in [1.29, 1.82) is 0 Å². The van der Waals surface area contributed by atoms with Gasteiger partial charge in [-0.05, 0) is 31.2 Å². The second-order valence-corrected chi connectivity index (χ2v) is 7.98. The molecule has 2 unspecified atom stereocenters. The SMILES string of the molecule is COC1CSC2=C(SC1)C(O)N(c1ccc3ccc(C)nc3n1)C2=O. The van der Waals surface area contributed by atoms with E-state index >= 15 is 0 Å². The van der Waals surface area contributed by atoms with Gasteiger partial charge in [-0.25, -0.2) is 9.97 Å². The normalized spacial score (nSPS) is 24.0. The minimum absolute atomic E-state index is 0.0695. The van der Waals surface area contributed by atoms with Gasteiger partial charge in [0.2, 0.25) is 0 Å². The molecule has 0 saturated heterocycles. The summed E-state index contributed by atoms with van der Waals surface area (Å²) >= 11 is 2.92. The number of aryl methyl sites for hydroxylation is 1. The van der Waals surface area contributed by atoms with Crippen LogP contribution < -0.4 is 4.90 Å². The zero-order chi connectivity index (χ0) is 17.6. The van der Waals surface area contributed by atoms with E-state index in [1.54, 1.807) is 13.2 Å². The number of ether oxygens (including phenoxy) is 1. The lowest BCUT2D eigenvalue weighted by Crippen LogP contribution is -2.36. The van der Waals surface area contributed by atoms with E-state index in [9.17, 15) is 9.90 Å². The Morgan fingerprint density at radius 3 is 2.76 bits per heavy atom. The van der Waals surface area contributed by atoms with Crippen LogP contribution in [0.5, 0.6) is 0 Å². The van der Waals surface area contributed by atoms with Crippen LogP contribution in [0, 0.1) is 6.92 Å². The van der Waals surface area contributed by atoms with Gasteiger partial charge in [0, 0.05) is 29.7 Å². The molecule has 0 bridgehead atoms. The number of aliphatic hydroxyl groups excluding tert-OH is 1. The standard InChI is InChI=1S/C17H17N3O3S2/c1-9-3-4-10-5-6-12(19-15(10)18-9)20-16(21)13-14(17(20)22)25-8-11(23-2)7-24-13/h3-6,11,16,21H,7-8H2,1-2H3. The van der Waals surface area contributed by atoms with Crippen molar-refractivity contribution in [3.8, 4) is 0 Å². The van der Waals surface area contributed by atoms with Crippen LogP contribution in [0.25, 0.3) is 11.0 Å². The van der Waals surface area contributed by atoms with Crippen LogP contribution in [0.2, 0.25) is 0 Å². The molecule has 2 aliphatic rings. The molecule has 0 aliphatic carbocycles. The maximum absolute atomic E-state index is 12.9. The van der Waals surface area contributed by atoms with Crippen LogP contribution in [0.15, 0.2) is 34.1 Å². The minimum Gasteiger partial charge on any atom is -0.380 e. The van der Waals surface area contributed by atoms with Crippen LogP contribution in [0.3, 0.4) is 0 Å². The Morgan fingerprint density at radius 2 is 1.96 bits per heavy atom. The van der Waals surface area contributed by atoms with Gasteiger partial charge < -0.3 is 9.84 Å². The molecule has 8 heteroatoms. The van der Waals surface area contributed by atoms with Gasteiger partial charge >= 0.3 is 0 Å². The molecule has 4 heterocycles. The highest BCUT2D eigenvalue weighted by molar-refractivity contribution is 8.08. The third-order valence-electron chi connectivity index (χ3n) is 4.21. The lowest BCUT2D eigenvalue weighted by molar-refractivity contribution is -0.115. The number of fused-ring (bicyclic) bond motifs is 1. The van der Waals surface area contributed by atoms with Gasteiger partial charge in [-0.15, -0.1) is 23.5 Å². The molecule has 0 aromatic carbocycles. The second kappa shape index (κ2) is 6.60. The number of methoxy groups -OCH3 is 1. The average molecular weight is 375 g/mol. The summed E-state index contributed by atoms with van der Waals surface area (Å²) in [5.41, 5.74) is 1.43. The first-order valence-corrected chi connectivity index (χ1v) is 9.84. The Balaban J connectivity index is 1.68. The van der Waals surface area contributed by atoms with Crippen molar-refractivity contribution in [2.45, 2.75) is 19.3 Å². The molecule has 0 radical (unpaired) electrons. The number of amides is 1. The quantitative estimate of drug-likeness (QED) is 0.863. The number of hydrogen-bond acceptors (Lipinski definition) is 7. The van der Waals surface area contributed by atoms with E-state index in [-0.39, 0.29) is 12.0 Å². The highest BCUT2D eigenvalue weighted by Crippen LogP contribution is 2.43. The molecule has 6 nitrogen and oxygen atoms in total. The summed E-state index contributed by atoms with van der Waals surface area (Å²) in [6.45, 7) is 1.90. The number of nitrogens with zero attached hydrogens (tertiary/aromatic N) is 3. The summed E-state index contributed by atoms with van der Waals surface area (Å²) in [6, 6.07) is 7.48. The van der Waals surface area contributed by atoms with Gasteiger partial charge in [-0.1, -0.05) is 0 Å². The summed E-state index contributed by atoms with van der Waals surface area (Å²) in [4.78, 5) is 24.4. The van der Waals surface area contributed by atoms with Crippen molar-refractivity contribution in [2.75, 3.05) is 23.5 Å². The molecule has 2 aliphatic heterocycles. The fourth-order valence-corrected chi connectivity index (χ4v) is 5.49. The van der Waals surface area contributed by atoms with Gasteiger partial charge in [-0.3, -0.25) is 9.69 Å². The maximum Gasteiger partial charge on any atom is 0.269 e. The number of thioether (sulfide) groups is 2. The molecule has 25 heavy (non-hydrogen) atoms. The van der Waals surface area contributed by atoms with E-state index in [1.807, 2.05) is 25.1 Å². The van der Waals surface area contributed by atoms with Crippen molar-refractivity contribution < 1.29 is 14.6 Å². The van der Waals surface area contributed by atoms with Crippen LogP contribution in [-0.4, -0.2) is 51.9 Å². The Bertz CT molecular complexity index is 887. The molecule has 1 amide bonds. The second-order valence-electron chi connectivity index (χ2n) is 5.89. The van der Waals surface area contributed by atoms with Crippen molar-refractivity contribution in [3.63, 3.8) is 0 Å². The molecule has 2 aromatic rings. The molecular formula is C17H17N3O3S2. The van der Waals surface area contributed by atoms with E-state index < -0.39 is 6.23 Å². The van der Waals surface area contributed by atoms with Crippen LogP contribution in [-0.2, 0) is 9.53 Å². The van der Waals surface area contributed by atoms with Crippen molar-refractivity contribution in [1.82, 2.24) is 9.97 Å². The molecule has 0 saturated carbocycles. The number of anilines is 1. The number of pyridine rings is 2. The van der Waals surface area contributed by atoms with Crippen molar-refractivity contribution in [3.05, 3.63) is 39.8 Å². The predicted octanol–water partition coefficient (Wildman–Crippen LogP) is 2.31. The van der Waals surface area contributed by atoms with Gasteiger partial charge in [0.1, 0.15) is 5.82 Å². The highest BCUT2D eigenvalue weighted by Gasteiger charge is 2.42. The maximum atomic E-state index is 12.9. The summed E-state index contributed by atoms with van der Waals surface area (Å²) in [7, 11) is 1.67. The zero-order valence-corrected chi connectivity index (χ0v) is 15.4. The number of rotatable bonds is 2. The summed E-state index contributed by atoms with van der Waals surface area (Å²) in [5.74, 6) is 1.62. The van der Waals surface area contributed by atoms with E-state index in [1.165, 1.54) is 28.4 Å². The molecule has 2 aromatic heterocycles. The van der Waals surface area contributed by atoms with Gasteiger partial charge in [0.15, 0.2) is 11.9 Å². The van der Waals surface area contributed by atoms with Crippen molar-refractivity contribution in [2.24, 2.45) is 0 Å². The average Bonchev–Trinajstić information content (AvgIpc) is 2.77. The monoisotopic (exact) mass is 375 g/mol. The Kier molecular flexibility index (Phi) is 4.45. The Hall–Kier alpha value is -1.61. The molecule has 130 valence electrons. The predicted molar refractivity (Wildman–Crippen MR) is 101 cm³/mol. The third-order valence-corrected chi connectivity index (χ3v) is 6.83. The van der Waals surface area contributed by atoms with Crippen LogP contribution >= 0.6 is 23.5 Å². The minimum atomic E-state index is -1.01. The van der Waals surface area contributed by atoms with E-state index in [0.717, 1.165) is 11.1 Å². The summed E-state index contributed by atoms with van der Waals surface area (Å²) < 4.78 is 5.38. The topological polar surface area (TPSA) is 75.6 Å². The number of hydrogen-bond donors (Lipinski definition) is 1. The van der Waals surface area contributed by atoms with Gasteiger partial charge in [0.05, 0.1) is 15.9 Å². The molecule has 0 fully saturated rings. The Morgan fingerprint density at radius 1 is 1.20 bits per heavy atom. The van der Waals surface area contributed by atoms with Crippen molar-refractivity contribution >= 4 is 46.3 Å². The van der Waals surface area contributed by atoms with E-state index in [0.29, 0.717) is 32.8 Å². The van der Waals surface area contributed by atoms with E-state index in [4.69, 9.17) is 4.74 Å². The summed E-state index contributed by atoms with van der Waals surface area (Å²) in [6.07, 6.45) is -0.939. The lowest BCUT2D eigenvalue weighted by Gasteiger charge is -2.22. The van der Waals surface area contributed by atoms with E-state index in [2.05, 4.69) is 9.97 Å². The first kappa shape index (κ1) is 16.8. The van der Waals surface area contributed by atoms with Crippen LogP contribution in [0.1, 0.15) is 5.69 Å². The zero-order valence-electron chi connectivity index (χ0n) is 13.8. The fraction of sp³-hybridized carbons (Fsp3) is 0.353. The molecule has 0 spiro atoms. The molecule has 2 atom stereocenters. The van der Waals surface area contributed by atoms with Gasteiger partial charge in [0.25, 0.3) is 5.91 Å². The summed E-state index contributed by atoms with van der Waals surface area (Å²) in [5, 5.41) is 11.6.